The van der Waals surface area contributed by atoms with Crippen molar-refractivity contribution in [1.29, 1.82) is 0 Å². The highest BCUT2D eigenvalue weighted by molar-refractivity contribution is 5.92. The first-order valence-corrected chi connectivity index (χ1v) is 12.1. The number of carbonyl (C=O) groups is 2. The van der Waals surface area contributed by atoms with Crippen molar-refractivity contribution in [3.05, 3.63) is 71.8 Å². The molecule has 2 amide bonds. The fourth-order valence-corrected chi connectivity index (χ4v) is 4.96. The quantitative estimate of drug-likeness (QED) is 0.601. The molecule has 0 spiro atoms. The number of nitrogens with zero attached hydrogens (tertiary/aromatic N) is 2. The van der Waals surface area contributed by atoms with Gasteiger partial charge in [0.1, 0.15) is 5.75 Å². The number of hydrogen-bond acceptors (Lipinski definition) is 3. The first kappa shape index (κ1) is 23.1. The molecule has 2 heterocycles. The van der Waals surface area contributed by atoms with Gasteiger partial charge in [-0.05, 0) is 55.0 Å². The first-order valence-electron chi connectivity index (χ1n) is 12.1. The molecule has 2 aliphatic rings. The average molecular weight is 447 g/mol. The number of methoxy groups -OCH3 is 1. The van der Waals surface area contributed by atoms with Crippen LogP contribution in [0.15, 0.2) is 60.7 Å². The van der Waals surface area contributed by atoms with E-state index < -0.39 is 0 Å². The molecule has 2 aliphatic heterocycles. The van der Waals surface area contributed by atoms with Gasteiger partial charge < -0.3 is 14.5 Å². The van der Waals surface area contributed by atoms with E-state index in [1.54, 1.807) is 13.2 Å². The second-order valence-electron chi connectivity index (χ2n) is 9.01. The van der Waals surface area contributed by atoms with E-state index in [1.165, 1.54) is 5.56 Å². The third kappa shape index (κ3) is 5.84. The summed E-state index contributed by atoms with van der Waals surface area (Å²) in [6.07, 6.45) is 9.32. The van der Waals surface area contributed by atoms with Gasteiger partial charge in [0.05, 0.1) is 13.2 Å². The first-order chi connectivity index (χ1) is 16.2. The molecule has 2 saturated heterocycles. The summed E-state index contributed by atoms with van der Waals surface area (Å²) in [5.41, 5.74) is 2.20. The highest BCUT2D eigenvalue weighted by atomic mass is 16.5. The van der Waals surface area contributed by atoms with Gasteiger partial charge in [-0.1, -0.05) is 55.3 Å². The lowest BCUT2D eigenvalue weighted by atomic mass is 9.93. The third-order valence-corrected chi connectivity index (χ3v) is 6.91. The van der Waals surface area contributed by atoms with Crippen LogP contribution in [0.2, 0.25) is 0 Å². The fourth-order valence-electron chi connectivity index (χ4n) is 4.96. The summed E-state index contributed by atoms with van der Waals surface area (Å²) in [7, 11) is 1.67. The van der Waals surface area contributed by atoms with Crippen LogP contribution in [0.3, 0.4) is 0 Å². The second kappa shape index (κ2) is 11.2. The van der Waals surface area contributed by atoms with Crippen LogP contribution in [0.25, 0.3) is 6.08 Å². The van der Waals surface area contributed by atoms with Crippen LogP contribution < -0.4 is 4.74 Å². The molecule has 0 unspecified atom stereocenters. The molecule has 0 N–H and O–H groups in total. The van der Waals surface area contributed by atoms with Gasteiger partial charge in [-0.2, -0.15) is 0 Å². The highest BCUT2D eigenvalue weighted by Gasteiger charge is 2.34. The smallest absolute Gasteiger partial charge is 0.246 e. The molecule has 0 bridgehead atoms. The Labute approximate surface area is 197 Å². The van der Waals surface area contributed by atoms with Gasteiger partial charge in [-0.15, -0.1) is 0 Å². The Balaban J connectivity index is 1.37. The molecule has 1 atom stereocenters. The van der Waals surface area contributed by atoms with Crippen LogP contribution >= 0.6 is 0 Å². The summed E-state index contributed by atoms with van der Waals surface area (Å²) in [4.78, 5) is 30.2. The van der Waals surface area contributed by atoms with Crippen molar-refractivity contribution in [2.75, 3.05) is 26.7 Å². The standard InChI is InChI=1S/C28H34N2O3/c1-33-25-14-12-23(13-15-25)26-10-6-3-7-19-30(26)28(32)24-17-20-29(21-18-24)27(31)16-11-22-8-4-2-5-9-22/h2,4-5,8-9,11-16,24,26H,3,6-7,10,17-21H2,1H3/b16-11+/t26-/m1/s1. The van der Waals surface area contributed by atoms with Crippen molar-refractivity contribution in [2.24, 2.45) is 5.92 Å². The van der Waals surface area contributed by atoms with E-state index in [1.807, 2.05) is 53.4 Å². The molecule has 0 radical (unpaired) electrons. The van der Waals surface area contributed by atoms with Crippen molar-refractivity contribution in [2.45, 2.75) is 44.6 Å². The van der Waals surface area contributed by atoms with E-state index in [0.29, 0.717) is 13.1 Å². The maximum Gasteiger partial charge on any atom is 0.246 e. The Morgan fingerprint density at radius 2 is 1.61 bits per heavy atom. The van der Waals surface area contributed by atoms with Crippen LogP contribution in [0.5, 0.6) is 5.75 Å². The van der Waals surface area contributed by atoms with Gasteiger partial charge in [0, 0.05) is 31.6 Å². The monoisotopic (exact) mass is 446 g/mol. The Morgan fingerprint density at radius 1 is 0.879 bits per heavy atom. The van der Waals surface area contributed by atoms with Crippen LogP contribution in [0.4, 0.5) is 0 Å². The molecule has 5 heteroatoms. The lowest BCUT2D eigenvalue weighted by Crippen LogP contribution is -2.45. The zero-order chi connectivity index (χ0) is 23.0. The number of amides is 2. The van der Waals surface area contributed by atoms with Crippen molar-refractivity contribution in [3.63, 3.8) is 0 Å². The third-order valence-electron chi connectivity index (χ3n) is 6.91. The van der Waals surface area contributed by atoms with Gasteiger partial charge in [-0.3, -0.25) is 9.59 Å². The van der Waals surface area contributed by atoms with E-state index in [9.17, 15) is 9.59 Å². The maximum atomic E-state index is 13.6. The van der Waals surface area contributed by atoms with Crippen LogP contribution in [-0.4, -0.2) is 48.4 Å². The summed E-state index contributed by atoms with van der Waals surface area (Å²) in [6.45, 7) is 2.08. The summed E-state index contributed by atoms with van der Waals surface area (Å²) in [5, 5.41) is 0. The molecule has 2 aromatic rings. The van der Waals surface area contributed by atoms with E-state index >= 15 is 0 Å². The van der Waals surface area contributed by atoms with E-state index in [4.69, 9.17) is 4.74 Å². The van der Waals surface area contributed by atoms with Gasteiger partial charge in [-0.25, -0.2) is 0 Å². The van der Waals surface area contributed by atoms with Crippen molar-refractivity contribution < 1.29 is 14.3 Å². The minimum Gasteiger partial charge on any atom is -0.497 e. The van der Waals surface area contributed by atoms with Gasteiger partial charge in [0.25, 0.3) is 0 Å². The maximum absolute atomic E-state index is 13.6. The molecule has 0 aromatic heterocycles. The lowest BCUT2D eigenvalue weighted by Gasteiger charge is -2.37. The number of carbonyl (C=O) groups excluding carboxylic acids is 2. The summed E-state index contributed by atoms with van der Waals surface area (Å²) in [6, 6.07) is 18.1. The lowest BCUT2D eigenvalue weighted by molar-refractivity contribution is -0.141. The Morgan fingerprint density at radius 3 is 2.30 bits per heavy atom. The minimum absolute atomic E-state index is 0.00833. The molecule has 4 rings (SSSR count). The Kier molecular flexibility index (Phi) is 7.82. The van der Waals surface area contributed by atoms with Crippen LogP contribution in [0.1, 0.15) is 55.7 Å². The Hall–Kier alpha value is -3.08. The molecule has 33 heavy (non-hydrogen) atoms. The average Bonchev–Trinajstić information content (AvgIpc) is 3.14. The van der Waals surface area contributed by atoms with E-state index in [-0.39, 0.29) is 23.8 Å². The highest BCUT2D eigenvalue weighted by Crippen LogP contribution is 2.33. The number of ether oxygens (including phenoxy) is 1. The number of rotatable bonds is 5. The number of benzene rings is 2. The zero-order valence-electron chi connectivity index (χ0n) is 19.5. The molecular weight excluding hydrogens is 412 g/mol. The van der Waals surface area contributed by atoms with E-state index in [0.717, 1.165) is 56.4 Å². The Bertz CT molecular complexity index is 947. The number of likely N-dealkylation sites (tertiary alicyclic amines) is 2. The summed E-state index contributed by atoms with van der Waals surface area (Å²) >= 11 is 0. The number of piperidine rings is 1. The molecular formula is C28H34N2O3. The van der Waals surface area contributed by atoms with Crippen LogP contribution in [0, 0.1) is 5.92 Å². The largest absolute Gasteiger partial charge is 0.497 e. The number of hydrogen-bond donors (Lipinski definition) is 0. The SMILES string of the molecule is COc1ccc([C@H]2CCCCCN2C(=O)C2CCN(C(=O)/C=C/c3ccccc3)CC2)cc1. The molecule has 5 nitrogen and oxygen atoms in total. The fraction of sp³-hybridized carbons (Fsp3) is 0.429. The summed E-state index contributed by atoms with van der Waals surface area (Å²) < 4.78 is 5.30. The van der Waals surface area contributed by atoms with Gasteiger partial charge >= 0.3 is 0 Å². The van der Waals surface area contributed by atoms with Crippen molar-refractivity contribution in [3.8, 4) is 5.75 Å². The zero-order valence-corrected chi connectivity index (χ0v) is 19.5. The molecule has 2 fully saturated rings. The van der Waals surface area contributed by atoms with Gasteiger partial charge in [0.15, 0.2) is 0 Å². The van der Waals surface area contributed by atoms with E-state index in [2.05, 4.69) is 17.0 Å². The molecule has 2 aromatic carbocycles. The minimum atomic E-state index is -0.00833. The normalized spacial score (nSPS) is 20.0. The predicted octanol–water partition coefficient (Wildman–Crippen LogP) is 5.09. The molecule has 0 saturated carbocycles. The molecule has 0 aliphatic carbocycles. The second-order valence-corrected chi connectivity index (χ2v) is 9.01. The van der Waals surface area contributed by atoms with Crippen molar-refractivity contribution in [1.82, 2.24) is 9.80 Å². The predicted molar refractivity (Wildman–Crippen MR) is 131 cm³/mol. The summed E-state index contributed by atoms with van der Waals surface area (Å²) in [5.74, 6) is 1.11. The topological polar surface area (TPSA) is 49.9 Å². The van der Waals surface area contributed by atoms with Crippen LogP contribution in [-0.2, 0) is 9.59 Å². The molecule has 174 valence electrons. The van der Waals surface area contributed by atoms with Crippen molar-refractivity contribution >= 4 is 17.9 Å². The van der Waals surface area contributed by atoms with Gasteiger partial charge in [0.2, 0.25) is 11.8 Å².